The summed E-state index contributed by atoms with van der Waals surface area (Å²) in [6.45, 7) is 2.54. The number of piperazine rings is 1. The lowest BCUT2D eigenvalue weighted by Gasteiger charge is -2.37. The molecule has 1 fully saturated rings. The van der Waals surface area contributed by atoms with Gasteiger partial charge in [0.15, 0.2) is 11.6 Å². The quantitative estimate of drug-likeness (QED) is 0.436. The zero-order valence-corrected chi connectivity index (χ0v) is 20.7. The Bertz CT molecular complexity index is 1140. The maximum absolute atomic E-state index is 14.7. The molecule has 13 heteroatoms. The van der Waals surface area contributed by atoms with Crippen LogP contribution in [0.2, 0.25) is 5.02 Å². The molecule has 1 atom stereocenters. The van der Waals surface area contributed by atoms with Crippen LogP contribution in [0.25, 0.3) is 0 Å². The molecule has 1 aliphatic rings. The Morgan fingerprint density at radius 2 is 1.76 bits per heavy atom. The molecule has 4 N–H and O–H groups in total. The number of carbonyl (C=O) groups is 2. The molecule has 2 aromatic rings. The number of rotatable bonds is 8. The minimum absolute atomic E-state index is 0.105. The van der Waals surface area contributed by atoms with Crippen LogP contribution < -0.4 is 21.3 Å². The van der Waals surface area contributed by atoms with E-state index in [2.05, 4.69) is 10.6 Å². The summed E-state index contributed by atoms with van der Waals surface area (Å²) < 4.78 is 66.9. The van der Waals surface area contributed by atoms with Crippen LogP contribution in [-0.4, -0.2) is 61.7 Å². The van der Waals surface area contributed by atoms with Crippen LogP contribution in [0, 0.1) is 11.6 Å². The van der Waals surface area contributed by atoms with E-state index >= 15 is 0 Å². The fraction of sp³-hybridized carbons (Fsp3) is 0.417. The predicted octanol–water partition coefficient (Wildman–Crippen LogP) is 3.91. The Labute approximate surface area is 215 Å². The lowest BCUT2D eigenvalue weighted by molar-refractivity contribution is -0.138. The first kappa shape index (κ1) is 28.6. The average molecular weight is 548 g/mol. The summed E-state index contributed by atoms with van der Waals surface area (Å²) in [4.78, 5) is 28.0. The highest BCUT2D eigenvalue weighted by Crippen LogP contribution is 2.31. The first-order valence-corrected chi connectivity index (χ1v) is 11.9. The SMILES string of the molecule is C[C@H](N)C(=O)NCc1ccc(C(=O)Nc2ccc(Cl)cc2N2CCN(CCC(F)(F)F)CC2)c(F)c1F. The van der Waals surface area contributed by atoms with Crippen molar-refractivity contribution in [2.75, 3.05) is 42.9 Å². The van der Waals surface area contributed by atoms with Crippen LogP contribution in [0.1, 0.15) is 29.3 Å². The summed E-state index contributed by atoms with van der Waals surface area (Å²) in [5, 5.41) is 5.30. The predicted molar refractivity (Wildman–Crippen MR) is 131 cm³/mol. The van der Waals surface area contributed by atoms with Crippen LogP contribution in [0.3, 0.4) is 0 Å². The average Bonchev–Trinajstić information content (AvgIpc) is 2.84. The maximum atomic E-state index is 14.7. The summed E-state index contributed by atoms with van der Waals surface area (Å²) in [5.41, 5.74) is 5.52. The number of alkyl halides is 3. The molecular weight excluding hydrogens is 521 g/mol. The van der Waals surface area contributed by atoms with Gasteiger partial charge in [0.05, 0.1) is 29.4 Å². The van der Waals surface area contributed by atoms with Gasteiger partial charge in [0.2, 0.25) is 5.91 Å². The third-order valence-corrected chi connectivity index (χ3v) is 6.14. The lowest BCUT2D eigenvalue weighted by atomic mass is 10.1. The Kier molecular flexibility index (Phi) is 9.32. The van der Waals surface area contributed by atoms with Gasteiger partial charge >= 0.3 is 6.18 Å². The van der Waals surface area contributed by atoms with E-state index in [0.717, 1.165) is 6.07 Å². The van der Waals surface area contributed by atoms with Crippen molar-refractivity contribution in [2.45, 2.75) is 32.1 Å². The second-order valence-corrected chi connectivity index (χ2v) is 9.15. The number of benzene rings is 2. The van der Waals surface area contributed by atoms with E-state index in [4.69, 9.17) is 17.3 Å². The molecule has 2 aromatic carbocycles. The molecular formula is C24H27ClF5N5O2. The zero-order chi connectivity index (χ0) is 27.3. The van der Waals surface area contributed by atoms with Crippen molar-refractivity contribution in [3.63, 3.8) is 0 Å². The largest absolute Gasteiger partial charge is 0.390 e. The fourth-order valence-corrected chi connectivity index (χ4v) is 3.97. The number of hydrogen-bond acceptors (Lipinski definition) is 5. The van der Waals surface area contributed by atoms with E-state index in [-0.39, 0.29) is 24.3 Å². The summed E-state index contributed by atoms with van der Waals surface area (Å²) in [6, 6.07) is 6.09. The smallest absolute Gasteiger partial charge is 0.367 e. The third-order valence-electron chi connectivity index (χ3n) is 5.91. The van der Waals surface area contributed by atoms with Gasteiger partial charge in [-0.15, -0.1) is 0 Å². The Hall–Kier alpha value is -2.96. The van der Waals surface area contributed by atoms with Crippen molar-refractivity contribution < 1.29 is 31.5 Å². The van der Waals surface area contributed by atoms with Crippen LogP contribution in [0.15, 0.2) is 30.3 Å². The zero-order valence-electron chi connectivity index (χ0n) is 20.0. The number of carbonyl (C=O) groups excluding carboxylic acids is 2. The van der Waals surface area contributed by atoms with Gasteiger partial charge in [0.25, 0.3) is 5.91 Å². The van der Waals surface area contributed by atoms with E-state index in [9.17, 15) is 31.5 Å². The van der Waals surface area contributed by atoms with Gasteiger partial charge < -0.3 is 21.3 Å². The number of nitrogens with two attached hydrogens (primary N) is 1. The lowest BCUT2D eigenvalue weighted by Crippen LogP contribution is -2.47. The van der Waals surface area contributed by atoms with Crippen LogP contribution in [0.4, 0.5) is 33.3 Å². The number of hydrogen-bond donors (Lipinski definition) is 3. The Morgan fingerprint density at radius 3 is 2.38 bits per heavy atom. The second kappa shape index (κ2) is 12.1. The Balaban J connectivity index is 1.71. The van der Waals surface area contributed by atoms with Crippen LogP contribution in [0.5, 0.6) is 0 Å². The first-order valence-electron chi connectivity index (χ1n) is 11.5. The van der Waals surface area contributed by atoms with Gasteiger partial charge in [-0.05, 0) is 31.2 Å². The minimum atomic E-state index is -4.23. The number of nitrogens with one attached hydrogen (secondary N) is 2. The minimum Gasteiger partial charge on any atom is -0.367 e. The van der Waals surface area contributed by atoms with Gasteiger partial charge in [-0.2, -0.15) is 13.2 Å². The molecule has 202 valence electrons. The van der Waals surface area contributed by atoms with E-state index in [1.807, 2.05) is 4.90 Å². The maximum Gasteiger partial charge on any atom is 0.390 e. The van der Waals surface area contributed by atoms with Gasteiger partial charge in [0.1, 0.15) is 0 Å². The topological polar surface area (TPSA) is 90.7 Å². The molecule has 0 spiro atoms. The number of halogens is 6. The van der Waals surface area contributed by atoms with Crippen molar-refractivity contribution in [1.29, 1.82) is 0 Å². The third kappa shape index (κ3) is 7.76. The van der Waals surface area contributed by atoms with Crippen molar-refractivity contribution in [2.24, 2.45) is 5.73 Å². The molecule has 2 amide bonds. The normalized spacial score (nSPS) is 15.4. The molecule has 7 nitrogen and oxygen atoms in total. The summed E-state index contributed by atoms with van der Waals surface area (Å²) in [6.07, 6.45) is -5.13. The van der Waals surface area contributed by atoms with Crippen molar-refractivity contribution in [3.05, 3.63) is 58.1 Å². The molecule has 0 unspecified atom stereocenters. The van der Waals surface area contributed by atoms with Gasteiger partial charge in [-0.1, -0.05) is 17.7 Å². The van der Waals surface area contributed by atoms with Crippen molar-refractivity contribution in [3.8, 4) is 0 Å². The monoisotopic (exact) mass is 547 g/mol. The molecule has 0 aromatic heterocycles. The van der Waals surface area contributed by atoms with Crippen LogP contribution >= 0.6 is 11.6 Å². The molecule has 0 saturated carbocycles. The molecule has 1 saturated heterocycles. The van der Waals surface area contributed by atoms with E-state index in [0.29, 0.717) is 36.9 Å². The summed E-state index contributed by atoms with van der Waals surface area (Å²) in [7, 11) is 0. The van der Waals surface area contributed by atoms with E-state index in [1.165, 1.54) is 25.1 Å². The molecule has 0 radical (unpaired) electrons. The standard InChI is InChI=1S/C24H27ClF5N5O2/c1-14(31)22(36)32-13-15-2-4-17(21(27)20(15)26)23(37)33-18-5-3-16(25)12-19(18)35-10-8-34(9-11-35)7-6-24(28,29)30/h2-5,12,14H,6-11,13,31H2,1H3,(H,32,36)(H,33,37)/t14-/m0/s1. The van der Waals surface area contributed by atoms with Crippen molar-refractivity contribution >= 4 is 34.8 Å². The number of amides is 2. The van der Waals surface area contributed by atoms with Crippen LogP contribution in [-0.2, 0) is 11.3 Å². The van der Waals surface area contributed by atoms with Gasteiger partial charge in [0, 0.05) is 49.9 Å². The summed E-state index contributed by atoms with van der Waals surface area (Å²) >= 11 is 6.13. The van der Waals surface area contributed by atoms with Gasteiger partial charge in [-0.3, -0.25) is 14.5 Å². The first-order chi connectivity index (χ1) is 17.4. The molecule has 37 heavy (non-hydrogen) atoms. The van der Waals surface area contributed by atoms with E-state index in [1.54, 1.807) is 11.0 Å². The highest BCUT2D eigenvalue weighted by molar-refractivity contribution is 6.31. The molecule has 3 rings (SSSR count). The molecule has 0 aliphatic carbocycles. The molecule has 1 aliphatic heterocycles. The van der Waals surface area contributed by atoms with E-state index < -0.39 is 47.7 Å². The highest BCUT2D eigenvalue weighted by Gasteiger charge is 2.29. The van der Waals surface area contributed by atoms with Crippen molar-refractivity contribution in [1.82, 2.24) is 10.2 Å². The summed E-state index contributed by atoms with van der Waals surface area (Å²) in [5.74, 6) is -4.10. The second-order valence-electron chi connectivity index (χ2n) is 8.72. The number of anilines is 2. The van der Waals surface area contributed by atoms with Gasteiger partial charge in [-0.25, -0.2) is 8.78 Å². The Morgan fingerprint density at radius 1 is 1.08 bits per heavy atom. The molecule has 0 bridgehead atoms. The number of nitrogens with zero attached hydrogens (tertiary/aromatic N) is 2. The fourth-order valence-electron chi connectivity index (χ4n) is 3.80. The highest BCUT2D eigenvalue weighted by atomic mass is 35.5. The molecule has 1 heterocycles.